The number of anilines is 1. The van der Waals surface area contributed by atoms with Crippen LogP contribution in [0.4, 0.5) is 5.82 Å². The lowest BCUT2D eigenvalue weighted by molar-refractivity contribution is -0.127. The van der Waals surface area contributed by atoms with Gasteiger partial charge in [0.25, 0.3) is 0 Å². The first-order valence-electron chi connectivity index (χ1n) is 17.4. The number of amides is 1. The van der Waals surface area contributed by atoms with Crippen LogP contribution >= 0.6 is 0 Å². The average molecular weight is 661 g/mol. The van der Waals surface area contributed by atoms with Gasteiger partial charge in [-0.15, -0.1) is 0 Å². The Balaban J connectivity index is 1.11. The van der Waals surface area contributed by atoms with Crippen LogP contribution in [0.1, 0.15) is 43.4 Å². The van der Waals surface area contributed by atoms with E-state index in [4.69, 9.17) is 14.7 Å². The molecule has 6 nitrogen and oxygen atoms in total. The molecule has 0 radical (unpaired) electrons. The van der Waals surface area contributed by atoms with E-state index in [1.807, 2.05) is 97.2 Å². The summed E-state index contributed by atoms with van der Waals surface area (Å²) in [4.78, 5) is 26.0. The lowest BCUT2D eigenvalue weighted by atomic mass is 9.77. The van der Waals surface area contributed by atoms with Gasteiger partial charge in [0, 0.05) is 30.3 Å². The maximum absolute atomic E-state index is 13.6. The number of hydrogen-bond acceptors (Lipinski definition) is 5. The van der Waals surface area contributed by atoms with E-state index >= 15 is 0 Å². The van der Waals surface area contributed by atoms with Crippen molar-refractivity contribution in [3.8, 4) is 22.5 Å². The van der Waals surface area contributed by atoms with E-state index < -0.39 is 5.54 Å². The van der Waals surface area contributed by atoms with Gasteiger partial charge < -0.3 is 15.0 Å². The lowest BCUT2D eigenvalue weighted by Crippen LogP contribution is -2.49. The predicted octanol–water partition coefficient (Wildman–Crippen LogP) is 8.93. The number of nitrogens with zero attached hydrogens (tertiary/aromatic N) is 3. The Morgan fingerprint density at radius 3 is 1.60 bits per heavy atom. The fraction of sp³-hybridized carbons (Fsp3) is 0.205. The molecule has 0 aliphatic rings. The molecule has 252 valence electrons. The van der Waals surface area contributed by atoms with Crippen molar-refractivity contribution in [2.45, 2.75) is 38.3 Å². The molecule has 0 aliphatic heterocycles. The Hall–Kier alpha value is -5.59. The number of benzene rings is 5. The maximum atomic E-state index is 13.6. The first-order valence-corrected chi connectivity index (χ1v) is 17.4. The summed E-state index contributed by atoms with van der Waals surface area (Å²) in [6, 6.07) is 51.0. The number of aromatic nitrogens is 2. The highest BCUT2D eigenvalue weighted by atomic mass is 16.5. The SMILES string of the molecule is CC(C)N(CCCCOCC(=O)NC(c1ccccc1)(c1ccccc1)c1ccccc1)c1cnc(-c2ccccc2)c(-c2ccccc2)n1. The molecule has 0 aliphatic carbocycles. The quantitative estimate of drug-likeness (QED) is 0.0880. The van der Waals surface area contributed by atoms with Crippen LogP contribution in [0.15, 0.2) is 158 Å². The van der Waals surface area contributed by atoms with Crippen LogP contribution in [0.25, 0.3) is 22.5 Å². The minimum atomic E-state index is -0.863. The first-order chi connectivity index (χ1) is 24.6. The van der Waals surface area contributed by atoms with Crippen molar-refractivity contribution in [1.82, 2.24) is 15.3 Å². The van der Waals surface area contributed by atoms with E-state index in [0.717, 1.165) is 64.4 Å². The van der Waals surface area contributed by atoms with Gasteiger partial charge in [0.2, 0.25) is 5.91 Å². The third-order valence-corrected chi connectivity index (χ3v) is 8.89. The number of ether oxygens (including phenoxy) is 1. The number of unbranched alkanes of at least 4 members (excludes halogenated alkanes) is 1. The van der Waals surface area contributed by atoms with E-state index in [0.29, 0.717) is 6.61 Å². The van der Waals surface area contributed by atoms with Gasteiger partial charge in [0.05, 0.1) is 17.6 Å². The van der Waals surface area contributed by atoms with Crippen molar-refractivity contribution < 1.29 is 9.53 Å². The molecule has 0 fully saturated rings. The maximum Gasteiger partial charge on any atom is 0.247 e. The molecule has 6 heteroatoms. The molecule has 6 rings (SSSR count). The largest absolute Gasteiger partial charge is 0.372 e. The van der Waals surface area contributed by atoms with Gasteiger partial charge in [-0.3, -0.25) is 9.78 Å². The topological polar surface area (TPSA) is 67.3 Å². The summed E-state index contributed by atoms with van der Waals surface area (Å²) in [5.41, 5.74) is 5.89. The lowest BCUT2D eigenvalue weighted by Gasteiger charge is -2.37. The highest BCUT2D eigenvalue weighted by Crippen LogP contribution is 2.37. The van der Waals surface area contributed by atoms with Crippen molar-refractivity contribution in [2.75, 3.05) is 24.7 Å². The molecular formula is C44H44N4O2. The third-order valence-electron chi connectivity index (χ3n) is 8.89. The summed E-state index contributed by atoms with van der Waals surface area (Å²) in [5.74, 6) is 0.672. The number of nitrogens with one attached hydrogen (secondary N) is 1. The summed E-state index contributed by atoms with van der Waals surface area (Å²) in [7, 11) is 0. The molecule has 5 aromatic carbocycles. The third kappa shape index (κ3) is 7.99. The molecule has 1 amide bonds. The molecule has 50 heavy (non-hydrogen) atoms. The van der Waals surface area contributed by atoms with Gasteiger partial charge in [-0.2, -0.15) is 0 Å². The van der Waals surface area contributed by atoms with Crippen LogP contribution in [-0.4, -0.2) is 41.7 Å². The molecule has 0 atom stereocenters. The molecule has 0 unspecified atom stereocenters. The first kappa shape index (κ1) is 34.3. The highest BCUT2D eigenvalue weighted by molar-refractivity contribution is 5.80. The van der Waals surface area contributed by atoms with Crippen molar-refractivity contribution in [3.63, 3.8) is 0 Å². The summed E-state index contributed by atoms with van der Waals surface area (Å²) < 4.78 is 5.98. The van der Waals surface area contributed by atoms with E-state index in [2.05, 4.69) is 84.7 Å². The number of rotatable bonds is 15. The standard InChI is InChI=1S/C44H44N4O2/c1-34(2)48(40-32-45-42(35-20-8-3-9-21-35)43(46-40)36-22-10-4-11-23-36)30-18-19-31-50-33-41(49)47-44(37-24-12-5-13-25-37,38-26-14-6-15-27-38)39-28-16-7-17-29-39/h3-17,20-29,32,34H,18-19,30-31,33H2,1-2H3,(H,47,49). The Kier molecular flexibility index (Phi) is 11.4. The second-order valence-electron chi connectivity index (χ2n) is 12.6. The minimum Gasteiger partial charge on any atom is -0.372 e. The fourth-order valence-electron chi connectivity index (χ4n) is 6.44. The molecule has 6 aromatic rings. The normalized spacial score (nSPS) is 11.3. The smallest absolute Gasteiger partial charge is 0.247 e. The Morgan fingerprint density at radius 1 is 0.660 bits per heavy atom. The number of hydrogen-bond donors (Lipinski definition) is 1. The zero-order valence-electron chi connectivity index (χ0n) is 28.8. The fourth-order valence-corrected chi connectivity index (χ4v) is 6.44. The van der Waals surface area contributed by atoms with E-state index in [1.165, 1.54) is 0 Å². The number of carbonyl (C=O) groups is 1. The molecule has 0 bridgehead atoms. The molecule has 1 heterocycles. The monoisotopic (exact) mass is 660 g/mol. The Bertz CT molecular complexity index is 1820. The average Bonchev–Trinajstić information content (AvgIpc) is 3.18. The summed E-state index contributed by atoms with van der Waals surface area (Å²) >= 11 is 0. The molecule has 0 saturated carbocycles. The summed E-state index contributed by atoms with van der Waals surface area (Å²) in [6.07, 6.45) is 3.57. The second-order valence-corrected chi connectivity index (χ2v) is 12.6. The van der Waals surface area contributed by atoms with Crippen LogP contribution < -0.4 is 10.2 Å². The van der Waals surface area contributed by atoms with E-state index in [1.54, 1.807) is 0 Å². The zero-order chi connectivity index (χ0) is 34.6. The molecular weight excluding hydrogens is 617 g/mol. The van der Waals surface area contributed by atoms with Crippen molar-refractivity contribution in [2.24, 2.45) is 0 Å². The van der Waals surface area contributed by atoms with Gasteiger partial charge in [-0.1, -0.05) is 152 Å². The highest BCUT2D eigenvalue weighted by Gasteiger charge is 2.37. The van der Waals surface area contributed by atoms with E-state index in [9.17, 15) is 4.79 Å². The predicted molar refractivity (Wildman–Crippen MR) is 203 cm³/mol. The Morgan fingerprint density at radius 2 is 1.12 bits per heavy atom. The second kappa shape index (κ2) is 16.7. The molecule has 1 aromatic heterocycles. The van der Waals surface area contributed by atoms with Gasteiger partial charge in [0.15, 0.2) is 0 Å². The summed E-state index contributed by atoms with van der Waals surface area (Å²) in [5, 5.41) is 3.37. The molecule has 0 saturated heterocycles. The van der Waals surface area contributed by atoms with Gasteiger partial charge in [-0.25, -0.2) is 4.98 Å². The molecule has 1 N–H and O–H groups in total. The number of carbonyl (C=O) groups excluding carboxylic acids is 1. The van der Waals surface area contributed by atoms with Crippen LogP contribution in [0.5, 0.6) is 0 Å². The van der Waals surface area contributed by atoms with Crippen molar-refractivity contribution in [1.29, 1.82) is 0 Å². The molecule has 0 spiro atoms. The van der Waals surface area contributed by atoms with Gasteiger partial charge in [-0.05, 0) is 43.4 Å². The van der Waals surface area contributed by atoms with Crippen LogP contribution in [-0.2, 0) is 15.1 Å². The summed E-state index contributed by atoms with van der Waals surface area (Å²) in [6.45, 7) is 5.58. The van der Waals surface area contributed by atoms with Gasteiger partial charge in [0.1, 0.15) is 18.0 Å². The van der Waals surface area contributed by atoms with E-state index in [-0.39, 0.29) is 18.6 Å². The van der Waals surface area contributed by atoms with Crippen LogP contribution in [0, 0.1) is 0 Å². The van der Waals surface area contributed by atoms with Crippen LogP contribution in [0.2, 0.25) is 0 Å². The van der Waals surface area contributed by atoms with Crippen LogP contribution in [0.3, 0.4) is 0 Å². The van der Waals surface area contributed by atoms with Crippen molar-refractivity contribution in [3.05, 3.63) is 175 Å². The Labute approximate surface area is 295 Å². The van der Waals surface area contributed by atoms with Crippen molar-refractivity contribution >= 4 is 11.7 Å². The minimum absolute atomic E-state index is 0.0327. The zero-order valence-corrected chi connectivity index (χ0v) is 28.8. The van der Waals surface area contributed by atoms with Gasteiger partial charge >= 0.3 is 0 Å².